The lowest BCUT2D eigenvalue weighted by atomic mass is 10.2. The first-order valence-electron chi connectivity index (χ1n) is 3.80. The molecule has 15 heavy (non-hydrogen) atoms. The number of halogens is 2. The van der Waals surface area contributed by atoms with Crippen LogP contribution < -0.4 is 10.3 Å². The van der Waals surface area contributed by atoms with Gasteiger partial charge < -0.3 is 14.8 Å². The summed E-state index contributed by atoms with van der Waals surface area (Å²) in [4.78, 5) is 23.4. The Morgan fingerprint density at radius 2 is 2.20 bits per heavy atom. The van der Waals surface area contributed by atoms with Crippen molar-refractivity contribution in [2.24, 2.45) is 0 Å². The number of carboxylic acid groups (broad SMARTS) is 1. The Kier molecular flexibility index (Phi) is 3.03. The number of hydrogen-bond donors (Lipinski definition) is 2. The molecule has 0 saturated heterocycles. The van der Waals surface area contributed by atoms with Crippen molar-refractivity contribution in [2.45, 2.75) is 6.43 Å². The maximum atomic E-state index is 12.4. The first kappa shape index (κ1) is 11.2. The lowest BCUT2D eigenvalue weighted by Crippen LogP contribution is -2.17. The number of hydrogen-bond acceptors (Lipinski definition) is 3. The van der Waals surface area contributed by atoms with Crippen LogP contribution >= 0.6 is 0 Å². The van der Waals surface area contributed by atoms with Crippen molar-refractivity contribution < 1.29 is 23.4 Å². The molecule has 0 unspecified atom stereocenters. The Hall–Kier alpha value is -1.92. The van der Waals surface area contributed by atoms with Crippen molar-refractivity contribution in [3.63, 3.8) is 0 Å². The third kappa shape index (κ3) is 2.12. The quantitative estimate of drug-likeness (QED) is 0.795. The predicted molar refractivity (Wildman–Crippen MR) is 45.5 cm³/mol. The number of carboxylic acids is 1. The van der Waals surface area contributed by atoms with Gasteiger partial charge in [-0.25, -0.2) is 13.6 Å². The van der Waals surface area contributed by atoms with Crippen molar-refractivity contribution in [3.05, 3.63) is 27.7 Å². The van der Waals surface area contributed by atoms with Crippen LogP contribution in [0.5, 0.6) is 5.75 Å². The molecular formula is C8H7F2NO4. The van der Waals surface area contributed by atoms with Gasteiger partial charge in [-0.05, 0) is 6.07 Å². The summed E-state index contributed by atoms with van der Waals surface area (Å²) in [6.07, 6.45) is -3.00. The average molecular weight is 219 g/mol. The number of carbonyl (C=O) groups is 1. The summed E-state index contributed by atoms with van der Waals surface area (Å²) >= 11 is 0. The molecule has 0 fully saturated rings. The number of nitrogens with one attached hydrogen (secondary N) is 1. The number of aromatic nitrogens is 1. The molecule has 1 rings (SSSR count). The van der Waals surface area contributed by atoms with Crippen LogP contribution in [0.25, 0.3) is 0 Å². The highest BCUT2D eigenvalue weighted by atomic mass is 19.3. The van der Waals surface area contributed by atoms with Gasteiger partial charge >= 0.3 is 5.97 Å². The zero-order valence-corrected chi connectivity index (χ0v) is 7.58. The van der Waals surface area contributed by atoms with Gasteiger partial charge in [0.1, 0.15) is 5.69 Å². The molecule has 0 saturated carbocycles. The van der Waals surface area contributed by atoms with Crippen LogP contribution in [0, 0.1) is 0 Å². The highest BCUT2D eigenvalue weighted by molar-refractivity contribution is 5.87. The van der Waals surface area contributed by atoms with Crippen molar-refractivity contribution in [1.29, 1.82) is 0 Å². The second-order valence-corrected chi connectivity index (χ2v) is 2.60. The second-order valence-electron chi connectivity index (χ2n) is 2.60. The summed E-state index contributed by atoms with van der Waals surface area (Å²) in [5.41, 5.74) is -2.46. The highest BCUT2D eigenvalue weighted by Gasteiger charge is 2.21. The molecule has 0 aliphatic carbocycles. The Morgan fingerprint density at radius 3 is 2.60 bits per heavy atom. The smallest absolute Gasteiger partial charge is 0.352 e. The Bertz CT molecular complexity index is 441. The van der Waals surface area contributed by atoms with Gasteiger partial charge in [-0.1, -0.05) is 0 Å². The first-order chi connectivity index (χ1) is 6.97. The maximum absolute atomic E-state index is 12.4. The summed E-state index contributed by atoms with van der Waals surface area (Å²) in [6.45, 7) is 0. The van der Waals surface area contributed by atoms with Crippen LogP contribution in [0.3, 0.4) is 0 Å². The molecule has 1 heterocycles. The van der Waals surface area contributed by atoms with E-state index in [4.69, 9.17) is 5.11 Å². The van der Waals surface area contributed by atoms with Crippen molar-refractivity contribution in [3.8, 4) is 5.75 Å². The molecule has 2 N–H and O–H groups in total. The van der Waals surface area contributed by atoms with E-state index in [2.05, 4.69) is 4.74 Å². The third-order valence-electron chi connectivity index (χ3n) is 1.71. The number of H-pyrrole nitrogens is 1. The molecule has 1 aromatic rings. The van der Waals surface area contributed by atoms with Gasteiger partial charge in [-0.3, -0.25) is 4.79 Å². The minimum absolute atomic E-state index is 0.352. The van der Waals surface area contributed by atoms with Crippen LogP contribution in [0.4, 0.5) is 8.78 Å². The van der Waals surface area contributed by atoms with Crippen molar-refractivity contribution in [2.75, 3.05) is 7.11 Å². The van der Waals surface area contributed by atoms with Crippen LogP contribution in [-0.4, -0.2) is 23.2 Å². The van der Waals surface area contributed by atoms with E-state index in [0.29, 0.717) is 6.07 Å². The van der Waals surface area contributed by atoms with Crippen LogP contribution in [0.2, 0.25) is 0 Å². The van der Waals surface area contributed by atoms with Crippen LogP contribution in [-0.2, 0) is 0 Å². The molecule has 0 aliphatic rings. The first-order valence-corrected chi connectivity index (χ1v) is 3.80. The van der Waals surface area contributed by atoms with Crippen molar-refractivity contribution >= 4 is 5.97 Å². The standard InChI is InChI=1S/C8H7F2NO4/c1-15-4-2-3(6(9)10)5(8(13)14)11-7(4)12/h2,6H,1H3,(H,11,12)(H,13,14). The molecule has 0 atom stereocenters. The predicted octanol–water partition coefficient (Wildman–Crippen LogP) is 1.02. The second kappa shape index (κ2) is 4.07. The fraction of sp³-hybridized carbons (Fsp3) is 0.250. The van der Waals surface area contributed by atoms with E-state index in [1.165, 1.54) is 0 Å². The summed E-state index contributed by atoms with van der Waals surface area (Å²) in [6, 6.07) is 0.715. The van der Waals surface area contributed by atoms with E-state index in [1.54, 1.807) is 0 Å². The van der Waals surface area contributed by atoms with Crippen LogP contribution in [0.1, 0.15) is 22.5 Å². The van der Waals surface area contributed by atoms with Crippen LogP contribution in [0.15, 0.2) is 10.9 Å². The molecule has 1 aromatic heterocycles. The molecular weight excluding hydrogens is 212 g/mol. The van der Waals surface area contributed by atoms with E-state index < -0.39 is 29.2 Å². The third-order valence-corrected chi connectivity index (χ3v) is 1.71. The summed E-state index contributed by atoms with van der Waals surface area (Å²) in [5.74, 6) is -1.97. The number of alkyl halides is 2. The minimum atomic E-state index is -3.00. The fourth-order valence-corrected chi connectivity index (χ4v) is 1.03. The van der Waals surface area contributed by atoms with E-state index >= 15 is 0 Å². The van der Waals surface area contributed by atoms with Gasteiger partial charge in [0.15, 0.2) is 5.75 Å². The number of ether oxygens (including phenoxy) is 1. The van der Waals surface area contributed by atoms with Gasteiger partial charge in [0.2, 0.25) is 0 Å². The van der Waals surface area contributed by atoms with E-state index in [-0.39, 0.29) is 5.75 Å². The molecule has 5 nitrogen and oxygen atoms in total. The Morgan fingerprint density at radius 1 is 1.60 bits per heavy atom. The number of aromatic amines is 1. The SMILES string of the molecule is COc1cc(C(F)F)c(C(=O)O)[nH]c1=O. The summed E-state index contributed by atoms with van der Waals surface area (Å²) in [5, 5.41) is 8.56. The monoisotopic (exact) mass is 219 g/mol. The topological polar surface area (TPSA) is 79.4 Å². The van der Waals surface area contributed by atoms with E-state index in [9.17, 15) is 18.4 Å². The lowest BCUT2D eigenvalue weighted by molar-refractivity contribution is 0.0676. The molecule has 0 aromatic carbocycles. The zero-order valence-electron chi connectivity index (χ0n) is 7.58. The minimum Gasteiger partial charge on any atom is -0.491 e. The molecule has 0 radical (unpaired) electrons. The number of aromatic carboxylic acids is 1. The highest BCUT2D eigenvalue weighted by Crippen LogP contribution is 2.23. The lowest BCUT2D eigenvalue weighted by Gasteiger charge is -2.06. The van der Waals surface area contributed by atoms with Gasteiger partial charge in [-0.15, -0.1) is 0 Å². The van der Waals surface area contributed by atoms with Gasteiger partial charge in [0.25, 0.3) is 12.0 Å². The maximum Gasteiger partial charge on any atom is 0.352 e. The Labute approximate surface area is 82.3 Å². The molecule has 0 bridgehead atoms. The van der Waals surface area contributed by atoms with E-state index in [1.807, 2.05) is 4.98 Å². The van der Waals surface area contributed by atoms with Crippen molar-refractivity contribution in [1.82, 2.24) is 4.98 Å². The van der Waals surface area contributed by atoms with Gasteiger partial charge in [0.05, 0.1) is 12.7 Å². The van der Waals surface area contributed by atoms with Gasteiger partial charge in [0, 0.05) is 0 Å². The van der Waals surface area contributed by atoms with E-state index in [0.717, 1.165) is 7.11 Å². The van der Waals surface area contributed by atoms with Gasteiger partial charge in [-0.2, -0.15) is 0 Å². The average Bonchev–Trinajstić information content (AvgIpc) is 2.16. The molecule has 0 amide bonds. The molecule has 0 aliphatic heterocycles. The molecule has 7 heteroatoms. The number of pyridine rings is 1. The number of methoxy groups -OCH3 is 1. The molecule has 82 valence electrons. The summed E-state index contributed by atoms with van der Waals surface area (Å²) in [7, 11) is 1.13. The Balaban J connectivity index is 3.46. The number of rotatable bonds is 3. The molecule has 0 spiro atoms. The zero-order chi connectivity index (χ0) is 11.6. The summed E-state index contributed by atoms with van der Waals surface area (Å²) < 4.78 is 29.3. The largest absolute Gasteiger partial charge is 0.491 e. The normalized spacial score (nSPS) is 10.4. The fourth-order valence-electron chi connectivity index (χ4n) is 1.03.